The predicted molar refractivity (Wildman–Crippen MR) is 109 cm³/mol. The average molecular weight is 411 g/mol. The van der Waals surface area contributed by atoms with Gasteiger partial charge in [-0.05, 0) is 37.1 Å². The number of rotatable bonds is 7. The molecular formula is C22H22FN3O4. The van der Waals surface area contributed by atoms with Crippen LogP contribution in [0.3, 0.4) is 0 Å². The van der Waals surface area contributed by atoms with Gasteiger partial charge in [-0.3, -0.25) is 9.59 Å². The van der Waals surface area contributed by atoms with Crippen LogP contribution < -0.4 is 10.3 Å². The molecule has 30 heavy (non-hydrogen) atoms. The highest BCUT2D eigenvalue weighted by Crippen LogP contribution is 2.17. The number of hydrogen-bond acceptors (Lipinski definition) is 5. The van der Waals surface area contributed by atoms with Gasteiger partial charge in [-0.25, -0.2) is 9.37 Å². The molecule has 3 aromatic rings. The number of aromatic amines is 1. The van der Waals surface area contributed by atoms with E-state index in [0.717, 1.165) is 12.8 Å². The largest absolute Gasteiger partial charge is 0.481 e. The third-order valence-corrected chi connectivity index (χ3v) is 4.99. The Hall–Kier alpha value is -3.26. The molecule has 1 unspecified atom stereocenters. The molecule has 1 fully saturated rings. The zero-order valence-corrected chi connectivity index (χ0v) is 16.3. The fraction of sp³-hybridized carbons (Fsp3) is 0.318. The molecule has 0 spiro atoms. The van der Waals surface area contributed by atoms with Gasteiger partial charge in [-0.2, -0.15) is 0 Å². The molecule has 0 saturated carbocycles. The van der Waals surface area contributed by atoms with Crippen LogP contribution in [-0.4, -0.2) is 46.6 Å². The van der Waals surface area contributed by atoms with Crippen molar-refractivity contribution in [3.8, 4) is 5.75 Å². The highest BCUT2D eigenvalue weighted by Gasteiger charge is 2.24. The Kier molecular flexibility index (Phi) is 6.04. The van der Waals surface area contributed by atoms with Gasteiger partial charge in [-0.1, -0.05) is 24.3 Å². The Bertz CT molecular complexity index is 1090. The number of aromatic nitrogens is 2. The molecule has 1 aliphatic heterocycles. The van der Waals surface area contributed by atoms with Gasteiger partial charge in [0.25, 0.3) is 11.5 Å². The first-order chi connectivity index (χ1) is 14.6. The van der Waals surface area contributed by atoms with E-state index < -0.39 is 5.82 Å². The number of nitrogens with one attached hydrogen (secondary N) is 1. The highest BCUT2D eigenvalue weighted by molar-refractivity contribution is 5.78. The van der Waals surface area contributed by atoms with Crippen molar-refractivity contribution >= 4 is 16.8 Å². The van der Waals surface area contributed by atoms with Crippen LogP contribution in [0.4, 0.5) is 4.39 Å². The van der Waals surface area contributed by atoms with E-state index in [0.29, 0.717) is 29.9 Å². The molecule has 8 heteroatoms. The number of amides is 1. The molecule has 0 aliphatic carbocycles. The summed E-state index contributed by atoms with van der Waals surface area (Å²) in [5.41, 5.74) is 0.297. The van der Waals surface area contributed by atoms with Crippen LogP contribution in [-0.2, 0) is 16.1 Å². The van der Waals surface area contributed by atoms with E-state index in [1.165, 1.54) is 17.0 Å². The summed E-state index contributed by atoms with van der Waals surface area (Å²) in [6, 6.07) is 12.9. The zero-order valence-electron chi connectivity index (χ0n) is 16.3. The van der Waals surface area contributed by atoms with E-state index in [1.54, 1.807) is 36.4 Å². The van der Waals surface area contributed by atoms with Crippen LogP contribution in [0.25, 0.3) is 10.9 Å². The third-order valence-electron chi connectivity index (χ3n) is 4.99. The topological polar surface area (TPSA) is 84.5 Å². The van der Waals surface area contributed by atoms with Gasteiger partial charge >= 0.3 is 0 Å². The first kappa shape index (κ1) is 20.0. The molecule has 1 N–H and O–H groups in total. The van der Waals surface area contributed by atoms with Gasteiger partial charge in [0, 0.05) is 13.2 Å². The monoisotopic (exact) mass is 411 g/mol. The van der Waals surface area contributed by atoms with Gasteiger partial charge in [0.05, 0.1) is 23.6 Å². The second kappa shape index (κ2) is 9.04. The fourth-order valence-electron chi connectivity index (χ4n) is 3.47. The lowest BCUT2D eigenvalue weighted by Gasteiger charge is -2.25. The summed E-state index contributed by atoms with van der Waals surface area (Å²) in [5.74, 6) is -0.489. The summed E-state index contributed by atoms with van der Waals surface area (Å²) in [4.78, 5) is 34.0. The van der Waals surface area contributed by atoms with Crippen molar-refractivity contribution in [1.29, 1.82) is 0 Å². The minimum absolute atomic E-state index is 0.0140. The highest BCUT2D eigenvalue weighted by atomic mass is 19.1. The summed E-state index contributed by atoms with van der Waals surface area (Å²) in [6.45, 7) is 0.768. The number of para-hydroxylation sites is 2. The summed E-state index contributed by atoms with van der Waals surface area (Å²) < 4.78 is 24.8. The van der Waals surface area contributed by atoms with Crippen LogP contribution in [0.1, 0.15) is 18.7 Å². The molecule has 1 saturated heterocycles. The first-order valence-electron chi connectivity index (χ1n) is 9.85. The number of carbonyl (C=O) groups excluding carboxylic acids is 1. The number of nitrogens with zero attached hydrogens (tertiary/aromatic N) is 2. The second-order valence-corrected chi connectivity index (χ2v) is 7.16. The van der Waals surface area contributed by atoms with Gasteiger partial charge in [0.1, 0.15) is 5.82 Å². The second-order valence-electron chi connectivity index (χ2n) is 7.16. The maximum atomic E-state index is 13.8. The molecule has 156 valence electrons. The molecule has 1 aromatic heterocycles. The summed E-state index contributed by atoms with van der Waals surface area (Å²) in [5, 5.41) is 0.487. The lowest BCUT2D eigenvalue weighted by molar-refractivity contribution is -0.135. The summed E-state index contributed by atoms with van der Waals surface area (Å²) in [6.07, 6.45) is 1.69. The normalized spacial score (nSPS) is 16.0. The van der Waals surface area contributed by atoms with Crippen LogP contribution in [0, 0.1) is 5.82 Å². The van der Waals surface area contributed by atoms with E-state index in [9.17, 15) is 14.0 Å². The van der Waals surface area contributed by atoms with Crippen molar-refractivity contribution < 1.29 is 18.7 Å². The Labute approximate surface area is 172 Å². The maximum absolute atomic E-state index is 13.8. The standard InChI is InChI=1S/C22H22FN3O4/c23-17-8-2-4-10-19(17)30-14-21(27)26(12-15-6-5-11-29-15)13-20-24-18-9-3-1-7-16(18)22(28)25-20/h1-4,7-10,15H,5-6,11-14H2,(H,24,25,28). The number of benzene rings is 2. The minimum Gasteiger partial charge on any atom is -0.481 e. The molecule has 1 amide bonds. The van der Waals surface area contributed by atoms with Crippen molar-refractivity contribution in [3.05, 3.63) is 70.5 Å². The van der Waals surface area contributed by atoms with Gasteiger partial charge in [0.2, 0.25) is 0 Å². The van der Waals surface area contributed by atoms with Crippen LogP contribution in [0.15, 0.2) is 53.3 Å². The smallest absolute Gasteiger partial charge is 0.261 e. The number of carbonyl (C=O) groups is 1. The van der Waals surface area contributed by atoms with Gasteiger partial charge in [-0.15, -0.1) is 0 Å². The number of ether oxygens (including phenoxy) is 2. The maximum Gasteiger partial charge on any atom is 0.261 e. The molecule has 1 atom stereocenters. The minimum atomic E-state index is -0.531. The Morgan fingerprint density at radius 1 is 1.23 bits per heavy atom. The molecule has 0 radical (unpaired) electrons. The van der Waals surface area contributed by atoms with Crippen molar-refractivity contribution in [1.82, 2.24) is 14.9 Å². The molecule has 4 rings (SSSR count). The molecular weight excluding hydrogens is 389 g/mol. The van der Waals surface area contributed by atoms with Crippen LogP contribution in [0.5, 0.6) is 5.75 Å². The number of hydrogen-bond donors (Lipinski definition) is 1. The first-order valence-corrected chi connectivity index (χ1v) is 9.85. The third kappa shape index (κ3) is 4.65. The summed E-state index contributed by atoms with van der Waals surface area (Å²) in [7, 11) is 0. The number of halogens is 1. The van der Waals surface area contributed by atoms with Crippen LogP contribution in [0.2, 0.25) is 0 Å². The number of H-pyrrole nitrogens is 1. The van der Waals surface area contributed by atoms with Gasteiger partial charge < -0.3 is 19.4 Å². The lowest BCUT2D eigenvalue weighted by Crippen LogP contribution is -2.40. The Balaban J connectivity index is 1.52. The van der Waals surface area contributed by atoms with E-state index in [-0.39, 0.29) is 36.5 Å². The SMILES string of the molecule is O=C(COc1ccccc1F)N(Cc1nc2ccccc2c(=O)[nH]1)CC1CCCO1. The number of fused-ring (bicyclic) bond motifs is 1. The quantitative estimate of drug-likeness (QED) is 0.646. The lowest BCUT2D eigenvalue weighted by atomic mass is 10.2. The molecule has 0 bridgehead atoms. The van der Waals surface area contributed by atoms with E-state index in [4.69, 9.17) is 9.47 Å². The average Bonchev–Trinajstić information content (AvgIpc) is 3.26. The van der Waals surface area contributed by atoms with E-state index in [1.807, 2.05) is 0 Å². The molecule has 7 nitrogen and oxygen atoms in total. The van der Waals surface area contributed by atoms with Crippen LogP contribution >= 0.6 is 0 Å². The van der Waals surface area contributed by atoms with E-state index >= 15 is 0 Å². The molecule has 2 heterocycles. The van der Waals surface area contributed by atoms with Crippen molar-refractivity contribution in [3.63, 3.8) is 0 Å². The van der Waals surface area contributed by atoms with Crippen molar-refractivity contribution in [2.75, 3.05) is 19.8 Å². The molecule has 2 aromatic carbocycles. The fourth-order valence-corrected chi connectivity index (χ4v) is 3.47. The Morgan fingerprint density at radius 3 is 2.83 bits per heavy atom. The Morgan fingerprint density at radius 2 is 2.03 bits per heavy atom. The predicted octanol–water partition coefficient (Wildman–Crippen LogP) is 2.65. The van der Waals surface area contributed by atoms with Crippen molar-refractivity contribution in [2.45, 2.75) is 25.5 Å². The van der Waals surface area contributed by atoms with Crippen molar-refractivity contribution in [2.24, 2.45) is 0 Å². The van der Waals surface area contributed by atoms with E-state index in [2.05, 4.69) is 9.97 Å². The molecule has 1 aliphatic rings. The summed E-state index contributed by atoms with van der Waals surface area (Å²) >= 11 is 0. The van der Waals surface area contributed by atoms with Gasteiger partial charge in [0.15, 0.2) is 18.2 Å². The zero-order chi connectivity index (χ0) is 20.9.